The van der Waals surface area contributed by atoms with E-state index in [4.69, 9.17) is 0 Å². The van der Waals surface area contributed by atoms with Crippen molar-refractivity contribution in [3.63, 3.8) is 0 Å². The van der Waals surface area contributed by atoms with Gasteiger partial charge in [-0.1, -0.05) is 44.9 Å². The van der Waals surface area contributed by atoms with Gasteiger partial charge in [-0.3, -0.25) is 0 Å². The molecule has 0 saturated carbocycles. The van der Waals surface area contributed by atoms with Crippen molar-refractivity contribution in [2.24, 2.45) is 0 Å². The van der Waals surface area contributed by atoms with Crippen molar-refractivity contribution in [3.8, 4) is 0 Å². The summed E-state index contributed by atoms with van der Waals surface area (Å²) in [6.07, 6.45) is 1.88. The molecular formula is C6H10Br2. The van der Waals surface area contributed by atoms with Crippen LogP contribution in [0.5, 0.6) is 0 Å². The maximum atomic E-state index is 3.68. The molecule has 0 amide bonds. The minimum Gasteiger partial charge on any atom is -0.102 e. The van der Waals surface area contributed by atoms with Crippen LogP contribution >= 0.6 is 31.9 Å². The molecule has 0 N–H and O–H groups in total. The van der Waals surface area contributed by atoms with E-state index < -0.39 is 0 Å². The molecule has 0 aromatic rings. The molecule has 0 rings (SSSR count). The van der Waals surface area contributed by atoms with Crippen molar-refractivity contribution in [3.05, 3.63) is 12.7 Å². The highest BCUT2D eigenvalue weighted by atomic mass is 79.9. The van der Waals surface area contributed by atoms with Gasteiger partial charge < -0.3 is 0 Å². The van der Waals surface area contributed by atoms with E-state index in [9.17, 15) is 0 Å². The summed E-state index contributed by atoms with van der Waals surface area (Å²) in [5.41, 5.74) is 0. The summed E-state index contributed by atoms with van der Waals surface area (Å²) in [4.78, 5) is 0.424. The third-order valence-electron chi connectivity index (χ3n) is 1.18. The molecule has 0 nitrogen and oxygen atoms in total. The van der Waals surface area contributed by atoms with E-state index in [-0.39, 0.29) is 4.32 Å². The number of alkyl halides is 2. The highest BCUT2D eigenvalue weighted by molar-refractivity contribution is 9.12. The highest BCUT2D eigenvalue weighted by Crippen LogP contribution is 2.27. The summed E-state index contributed by atoms with van der Waals surface area (Å²) in [5, 5.41) is 0. The van der Waals surface area contributed by atoms with Crippen molar-refractivity contribution < 1.29 is 0 Å². The summed E-state index contributed by atoms with van der Waals surface area (Å²) in [5.74, 6) is 0. The Hall–Kier alpha value is 0.700. The Morgan fingerprint density at radius 2 is 2.12 bits per heavy atom. The standard InChI is InChI=1S/C6H10Br2/c1-4-6(3,8)5(2)7/h4-5H,1H2,2-3H3/t5-,6+/m1/s1. The van der Waals surface area contributed by atoms with Gasteiger partial charge in [-0.15, -0.1) is 6.58 Å². The van der Waals surface area contributed by atoms with Crippen LogP contribution in [0.3, 0.4) is 0 Å². The van der Waals surface area contributed by atoms with Gasteiger partial charge in [-0.05, 0) is 6.92 Å². The van der Waals surface area contributed by atoms with E-state index in [0.717, 1.165) is 0 Å². The molecular weight excluding hydrogens is 232 g/mol. The Morgan fingerprint density at radius 3 is 2.12 bits per heavy atom. The first-order chi connectivity index (χ1) is 3.50. The fourth-order valence-corrected chi connectivity index (χ4v) is 0.349. The van der Waals surface area contributed by atoms with E-state index in [1.165, 1.54) is 0 Å². The molecule has 0 fully saturated rings. The number of rotatable bonds is 2. The Kier molecular flexibility index (Phi) is 3.28. The first-order valence-corrected chi connectivity index (χ1v) is 4.18. The van der Waals surface area contributed by atoms with Crippen molar-refractivity contribution in [1.29, 1.82) is 0 Å². The van der Waals surface area contributed by atoms with Crippen LogP contribution in [0.15, 0.2) is 12.7 Å². The second kappa shape index (κ2) is 3.02. The first kappa shape index (κ1) is 8.70. The largest absolute Gasteiger partial charge is 0.102 e. The normalized spacial score (nSPS) is 21.5. The third kappa shape index (κ3) is 2.31. The summed E-state index contributed by atoms with van der Waals surface area (Å²) in [6, 6.07) is 0. The van der Waals surface area contributed by atoms with Crippen molar-refractivity contribution in [2.45, 2.75) is 23.0 Å². The zero-order valence-corrected chi connectivity index (χ0v) is 8.29. The monoisotopic (exact) mass is 240 g/mol. The number of halogens is 2. The molecule has 0 aromatic heterocycles. The molecule has 0 heterocycles. The average molecular weight is 242 g/mol. The lowest BCUT2D eigenvalue weighted by Gasteiger charge is -2.19. The molecule has 0 unspecified atom stereocenters. The topological polar surface area (TPSA) is 0 Å². The second-order valence-corrected chi connectivity index (χ2v) is 5.05. The smallest absolute Gasteiger partial charge is 0.0528 e. The maximum Gasteiger partial charge on any atom is 0.0528 e. The van der Waals surface area contributed by atoms with Gasteiger partial charge >= 0.3 is 0 Å². The van der Waals surface area contributed by atoms with Crippen LogP contribution in [0.2, 0.25) is 0 Å². The summed E-state index contributed by atoms with van der Waals surface area (Å²) in [6.45, 7) is 7.83. The number of hydrogen-bond donors (Lipinski definition) is 0. The Balaban J connectivity index is 3.90. The minimum atomic E-state index is 0.0347. The van der Waals surface area contributed by atoms with Crippen LogP contribution in [0.25, 0.3) is 0 Å². The quantitative estimate of drug-likeness (QED) is 0.515. The maximum absolute atomic E-state index is 3.68. The molecule has 2 atom stereocenters. The van der Waals surface area contributed by atoms with Gasteiger partial charge in [-0.2, -0.15) is 0 Å². The van der Waals surface area contributed by atoms with Crippen LogP contribution in [0.4, 0.5) is 0 Å². The molecule has 2 heteroatoms. The SMILES string of the molecule is C=C[C@](C)(Br)[C@@H](C)Br. The summed E-state index contributed by atoms with van der Waals surface area (Å²) < 4.78 is 0.0347. The highest BCUT2D eigenvalue weighted by Gasteiger charge is 2.20. The van der Waals surface area contributed by atoms with E-state index in [0.29, 0.717) is 4.83 Å². The van der Waals surface area contributed by atoms with Gasteiger partial charge in [0, 0.05) is 4.83 Å². The first-order valence-electron chi connectivity index (χ1n) is 2.47. The van der Waals surface area contributed by atoms with E-state index >= 15 is 0 Å². The van der Waals surface area contributed by atoms with Gasteiger partial charge in [0.05, 0.1) is 4.32 Å². The molecule has 0 aliphatic rings. The van der Waals surface area contributed by atoms with Crippen molar-refractivity contribution >= 4 is 31.9 Å². The van der Waals surface area contributed by atoms with Crippen molar-refractivity contribution in [1.82, 2.24) is 0 Å². The molecule has 0 radical (unpaired) electrons. The lowest BCUT2D eigenvalue weighted by molar-refractivity contribution is 0.804. The molecule has 48 valence electrons. The third-order valence-corrected chi connectivity index (χ3v) is 3.75. The molecule has 0 aliphatic carbocycles. The zero-order valence-electron chi connectivity index (χ0n) is 5.12. The fourth-order valence-electron chi connectivity index (χ4n) is 0.162. The van der Waals surface area contributed by atoms with Gasteiger partial charge in [0.2, 0.25) is 0 Å². The molecule has 0 bridgehead atoms. The van der Waals surface area contributed by atoms with Crippen LogP contribution in [0.1, 0.15) is 13.8 Å². The van der Waals surface area contributed by atoms with Gasteiger partial charge in [0.1, 0.15) is 0 Å². The van der Waals surface area contributed by atoms with Gasteiger partial charge in [0.25, 0.3) is 0 Å². The predicted octanol–water partition coefficient (Wildman–Crippen LogP) is 3.11. The fraction of sp³-hybridized carbons (Fsp3) is 0.667. The van der Waals surface area contributed by atoms with Crippen LogP contribution in [-0.2, 0) is 0 Å². The molecule has 0 saturated heterocycles. The van der Waals surface area contributed by atoms with Crippen LogP contribution in [0, 0.1) is 0 Å². The molecule has 0 aromatic carbocycles. The van der Waals surface area contributed by atoms with E-state index in [2.05, 4.69) is 52.3 Å². The van der Waals surface area contributed by atoms with Crippen LogP contribution < -0.4 is 0 Å². The summed E-state index contributed by atoms with van der Waals surface area (Å²) in [7, 11) is 0. The van der Waals surface area contributed by atoms with Gasteiger partial charge in [0.15, 0.2) is 0 Å². The van der Waals surface area contributed by atoms with Gasteiger partial charge in [-0.25, -0.2) is 0 Å². The zero-order chi connectivity index (χ0) is 6.78. The molecule has 0 aliphatic heterocycles. The van der Waals surface area contributed by atoms with Crippen molar-refractivity contribution in [2.75, 3.05) is 0 Å². The Morgan fingerprint density at radius 1 is 1.75 bits per heavy atom. The average Bonchev–Trinajstić information content (AvgIpc) is 1.67. The lowest BCUT2D eigenvalue weighted by atomic mass is 10.1. The second-order valence-electron chi connectivity index (χ2n) is 1.97. The Bertz CT molecular complexity index is 84.5. The van der Waals surface area contributed by atoms with E-state index in [1.54, 1.807) is 0 Å². The lowest BCUT2D eigenvalue weighted by Crippen LogP contribution is -2.21. The molecule has 8 heavy (non-hydrogen) atoms. The summed E-state index contributed by atoms with van der Waals surface area (Å²) >= 11 is 6.92. The minimum absolute atomic E-state index is 0.0347. The number of allylic oxidation sites excluding steroid dienone is 1. The molecule has 0 spiro atoms. The van der Waals surface area contributed by atoms with Crippen LogP contribution in [-0.4, -0.2) is 9.15 Å². The number of hydrogen-bond acceptors (Lipinski definition) is 0. The van der Waals surface area contributed by atoms with E-state index in [1.807, 2.05) is 6.08 Å². The Labute approximate surface area is 67.6 Å². The predicted molar refractivity (Wildman–Crippen MR) is 45.9 cm³/mol.